The number of furan rings is 1. The Morgan fingerprint density at radius 3 is 1.68 bits per heavy atom. The number of rotatable bonds is 8. The molecule has 0 atom stereocenters. The zero-order valence-electron chi connectivity index (χ0n) is 48.2. The van der Waals surface area contributed by atoms with Crippen molar-refractivity contribution in [3.05, 3.63) is 242 Å². The van der Waals surface area contributed by atoms with Crippen molar-refractivity contribution in [2.45, 2.75) is 0 Å². The molecule has 0 aliphatic rings. The summed E-state index contributed by atoms with van der Waals surface area (Å²) in [6.07, 6.45) is 0. The molecule has 0 aliphatic heterocycles. The zero-order valence-corrected chi connectivity index (χ0v) is 33.2. The lowest BCUT2D eigenvalue weighted by Gasteiger charge is -2.26. The van der Waals surface area contributed by atoms with Gasteiger partial charge < -0.3 is 13.9 Å². The van der Waals surface area contributed by atoms with E-state index in [1.54, 1.807) is 4.90 Å². The molecular weight excluding hydrogens is 765 g/mol. The molecule has 0 saturated heterocycles. The van der Waals surface area contributed by atoms with E-state index >= 15 is 0 Å². The van der Waals surface area contributed by atoms with E-state index in [4.69, 9.17) is 15.4 Å². The van der Waals surface area contributed by atoms with Gasteiger partial charge in [0.15, 0.2) is 0 Å². The molecule has 2 aromatic heterocycles. The fourth-order valence-electron chi connectivity index (χ4n) is 8.36. The van der Waals surface area contributed by atoms with Gasteiger partial charge in [0.25, 0.3) is 0 Å². The first-order valence-electron chi connectivity index (χ1n) is 27.8. The van der Waals surface area contributed by atoms with Crippen molar-refractivity contribution in [2.75, 3.05) is 4.90 Å². The van der Waals surface area contributed by atoms with Crippen LogP contribution in [0.25, 0.3) is 93.9 Å². The second kappa shape index (κ2) is 15.3. The highest BCUT2D eigenvalue weighted by molar-refractivity contribution is 6.11. The molecule has 0 saturated carbocycles. The fraction of sp³-hybridized carbons (Fsp3) is 0. The molecule has 0 unspecified atom stereocenters. The lowest BCUT2D eigenvalue weighted by Crippen LogP contribution is -2.09. The summed E-state index contributed by atoms with van der Waals surface area (Å²) in [6.45, 7) is 0. The number of benzene rings is 10. The Balaban J connectivity index is 1.04. The average molecular weight is 820 g/mol. The van der Waals surface area contributed by atoms with Crippen LogP contribution < -0.4 is 4.90 Å². The van der Waals surface area contributed by atoms with Crippen LogP contribution in [0.3, 0.4) is 0 Å². The van der Waals surface area contributed by atoms with Crippen molar-refractivity contribution in [3.8, 4) is 50.2 Å². The molecule has 12 rings (SSSR count). The summed E-state index contributed by atoms with van der Waals surface area (Å²) in [4.78, 5) is 1.62. The van der Waals surface area contributed by atoms with E-state index in [0.717, 1.165) is 49.7 Å². The second-order valence-electron chi connectivity index (χ2n) is 14.9. The summed E-state index contributed by atoms with van der Waals surface area (Å²) in [5, 5.41) is 1.58. The fourth-order valence-corrected chi connectivity index (χ4v) is 8.36. The summed E-state index contributed by atoms with van der Waals surface area (Å²) >= 11 is 0. The maximum Gasteiger partial charge on any atom is 0.143 e. The molecule has 0 spiro atoms. The molecule has 63 heavy (non-hydrogen) atoms. The number of aromatic nitrogens is 1. The van der Waals surface area contributed by atoms with Crippen LogP contribution in [0, 0.1) is 0 Å². The first-order valence-corrected chi connectivity index (χ1v) is 20.3. The van der Waals surface area contributed by atoms with Gasteiger partial charge in [-0.15, -0.1) is 0 Å². The number of fused-ring (bicyclic) bond motifs is 6. The molecule has 2 heterocycles. The van der Waals surface area contributed by atoms with Gasteiger partial charge in [-0.05, 0) is 100 Å². The van der Waals surface area contributed by atoms with Crippen LogP contribution in [0.2, 0.25) is 0 Å². The lowest BCUT2D eigenvalue weighted by molar-refractivity contribution is 0.670. The number of para-hydroxylation sites is 4. The highest BCUT2D eigenvalue weighted by atomic mass is 16.3. The third-order valence-corrected chi connectivity index (χ3v) is 11.3. The van der Waals surface area contributed by atoms with E-state index in [2.05, 4.69) is 34.9 Å². The van der Waals surface area contributed by atoms with E-state index in [1.165, 1.54) is 0 Å². The molecule has 12 aromatic rings. The van der Waals surface area contributed by atoms with Crippen LogP contribution in [-0.4, -0.2) is 4.57 Å². The van der Waals surface area contributed by atoms with Crippen molar-refractivity contribution >= 4 is 60.8 Å². The number of hydrogen-bond donors (Lipinski definition) is 0. The Kier molecular flexibility index (Phi) is 5.85. The lowest BCUT2D eigenvalue weighted by atomic mass is 10.0. The summed E-state index contributed by atoms with van der Waals surface area (Å²) in [6, 6.07) is 39.2. The Bertz CT molecular complexity index is 4390. The number of nitrogens with zero attached hydrogens (tertiary/aromatic N) is 2. The number of anilines is 3. The molecule has 0 radical (unpaired) electrons. The summed E-state index contributed by atoms with van der Waals surface area (Å²) in [7, 11) is 0. The third-order valence-electron chi connectivity index (χ3n) is 11.3. The second-order valence-corrected chi connectivity index (χ2v) is 14.9. The van der Waals surface area contributed by atoms with Gasteiger partial charge in [-0.2, -0.15) is 0 Å². The van der Waals surface area contributed by atoms with Crippen molar-refractivity contribution in [1.82, 2.24) is 4.57 Å². The molecule has 0 amide bonds. The van der Waals surface area contributed by atoms with Crippen LogP contribution >= 0.6 is 0 Å². The standard InChI is InChI=1S/C60H40N2O/c1-3-14-41(15-4-1)42-26-33-47(34-27-42)61(48-35-28-43(29-36-48)46-32-39-54-55-22-13-21-51(44-16-5-2-6-17-44)60(55)63-59(54)40-46)49-37-30-45(31-38-49)50-18-7-10-23-56(50)62-57-24-11-8-19-52(57)53-20-9-12-25-58(53)62/h1-40H/i2D,5D,6D,13D,16D,17D,21D,22D,28D,29D,32D,35D,36D,39D,40D. The molecule has 10 aromatic carbocycles. The minimum absolute atomic E-state index is 0.151. The zero-order chi connectivity index (χ0) is 54.7. The molecule has 296 valence electrons. The van der Waals surface area contributed by atoms with Crippen LogP contribution in [0.15, 0.2) is 247 Å². The molecule has 3 heteroatoms. The molecule has 0 bridgehead atoms. The minimum Gasteiger partial charge on any atom is -0.455 e. The first-order chi connectivity index (χ1) is 37.5. The third kappa shape index (κ3) is 6.38. The Morgan fingerprint density at radius 1 is 0.365 bits per heavy atom. The minimum atomic E-state index is -0.738. The van der Waals surface area contributed by atoms with Crippen molar-refractivity contribution in [1.29, 1.82) is 0 Å². The molecule has 0 aliphatic carbocycles. The highest BCUT2D eigenvalue weighted by Gasteiger charge is 2.18. The summed E-state index contributed by atoms with van der Waals surface area (Å²) in [5.74, 6) is 0. The summed E-state index contributed by atoms with van der Waals surface area (Å²) < 4.78 is 144. The van der Waals surface area contributed by atoms with E-state index in [-0.39, 0.29) is 16.5 Å². The van der Waals surface area contributed by atoms with Crippen molar-refractivity contribution < 1.29 is 25.0 Å². The van der Waals surface area contributed by atoms with Gasteiger partial charge in [0.05, 0.1) is 37.3 Å². The molecule has 0 fully saturated rings. The summed E-state index contributed by atoms with van der Waals surface area (Å²) in [5.41, 5.74) is 4.59. The predicted molar refractivity (Wildman–Crippen MR) is 264 cm³/mol. The maximum atomic E-state index is 9.71. The molecule has 3 nitrogen and oxygen atoms in total. The Morgan fingerprint density at radius 2 is 0.968 bits per heavy atom. The SMILES string of the molecule is [2H]c1c([2H])c([2H])c(-c2c([2H])c([2H])c([2H])c3c2oc2c([2H])c(-c4c([2H])c([2H])c(N(c5ccc(-c6ccccc6)cc5)c5ccc(-c6ccccc6-n6c7ccccc7c7ccccc76)cc5)c([2H])c4[2H])c([2H])c([2H])c23)c([2H])c1[2H]. The van der Waals surface area contributed by atoms with Crippen LogP contribution in [0.1, 0.15) is 20.6 Å². The van der Waals surface area contributed by atoms with Gasteiger partial charge in [0.1, 0.15) is 11.2 Å². The maximum absolute atomic E-state index is 9.71. The highest BCUT2D eigenvalue weighted by Crippen LogP contribution is 2.41. The molecule has 0 N–H and O–H groups in total. The van der Waals surface area contributed by atoms with Crippen molar-refractivity contribution in [3.63, 3.8) is 0 Å². The van der Waals surface area contributed by atoms with Gasteiger partial charge in [0.2, 0.25) is 0 Å². The van der Waals surface area contributed by atoms with Gasteiger partial charge >= 0.3 is 0 Å². The van der Waals surface area contributed by atoms with E-state index < -0.39 is 124 Å². The van der Waals surface area contributed by atoms with E-state index in [0.29, 0.717) is 11.4 Å². The van der Waals surface area contributed by atoms with Crippen LogP contribution in [0.4, 0.5) is 17.1 Å². The average Bonchev–Trinajstić information content (AvgIpc) is 4.12. The smallest absolute Gasteiger partial charge is 0.143 e. The predicted octanol–water partition coefficient (Wildman–Crippen LogP) is 16.8. The van der Waals surface area contributed by atoms with Gasteiger partial charge in [0, 0.05) is 49.7 Å². The van der Waals surface area contributed by atoms with E-state index in [1.807, 2.05) is 121 Å². The van der Waals surface area contributed by atoms with Gasteiger partial charge in [-0.3, -0.25) is 0 Å². The van der Waals surface area contributed by atoms with Crippen LogP contribution in [-0.2, 0) is 0 Å². The monoisotopic (exact) mass is 819 g/mol. The number of hydrogen-bond acceptors (Lipinski definition) is 2. The van der Waals surface area contributed by atoms with Crippen LogP contribution in [0.5, 0.6) is 0 Å². The van der Waals surface area contributed by atoms with Gasteiger partial charge in [-0.1, -0.05) is 176 Å². The molecular formula is C60H40N2O. The van der Waals surface area contributed by atoms with Gasteiger partial charge in [-0.25, -0.2) is 0 Å². The van der Waals surface area contributed by atoms with E-state index in [9.17, 15) is 9.60 Å². The quantitative estimate of drug-likeness (QED) is 0.152. The topological polar surface area (TPSA) is 21.3 Å². The largest absolute Gasteiger partial charge is 0.455 e. The van der Waals surface area contributed by atoms with Crippen molar-refractivity contribution in [2.24, 2.45) is 0 Å². The Labute approximate surface area is 387 Å². The first kappa shape index (κ1) is 24.1. The normalized spacial score (nSPS) is 14.8. The Hall–Kier alpha value is -8.40.